The predicted octanol–water partition coefficient (Wildman–Crippen LogP) is 0.198. The summed E-state index contributed by atoms with van der Waals surface area (Å²) in [6.07, 6.45) is 10.2. The van der Waals surface area contributed by atoms with E-state index >= 15 is 0 Å². The molecular weight excluding hydrogens is 313 g/mol. The molecule has 0 aromatic heterocycles. The van der Waals surface area contributed by atoms with Crippen molar-refractivity contribution in [3.8, 4) is 0 Å². The molecule has 0 rings (SSSR count). The van der Waals surface area contributed by atoms with Gasteiger partial charge in [-0.25, -0.2) is 0 Å². The van der Waals surface area contributed by atoms with E-state index in [0.717, 1.165) is 19.3 Å². The summed E-state index contributed by atoms with van der Waals surface area (Å²) in [5.41, 5.74) is 5.34. The average Bonchev–Trinajstić information content (AvgIpc) is 2.43. The van der Waals surface area contributed by atoms with Gasteiger partial charge in [0.1, 0.15) is 0 Å². The summed E-state index contributed by atoms with van der Waals surface area (Å²) in [5, 5.41) is 0. The molecular formula is C15H32NNaO4S. The van der Waals surface area contributed by atoms with Crippen LogP contribution in [0.1, 0.15) is 79.5 Å². The van der Waals surface area contributed by atoms with Crippen LogP contribution in [0.4, 0.5) is 0 Å². The zero-order chi connectivity index (χ0) is 16.4. The van der Waals surface area contributed by atoms with Gasteiger partial charge in [-0.3, -0.25) is 9.35 Å². The SMILES string of the molecule is CCCCCCCCCCCC(=O)C(C)(CN)S(=O)(=O)O.[H-].[Na+]. The van der Waals surface area contributed by atoms with E-state index in [-0.39, 0.29) is 43.9 Å². The molecule has 22 heavy (non-hydrogen) atoms. The fraction of sp³-hybridized carbons (Fsp3) is 0.933. The van der Waals surface area contributed by atoms with E-state index in [0.29, 0.717) is 6.42 Å². The zero-order valence-electron chi connectivity index (χ0n) is 15.4. The van der Waals surface area contributed by atoms with Crippen molar-refractivity contribution in [2.75, 3.05) is 6.54 Å². The largest absolute Gasteiger partial charge is 1.00 e. The minimum Gasteiger partial charge on any atom is -1.00 e. The minimum absolute atomic E-state index is 0. The topological polar surface area (TPSA) is 97.5 Å². The number of rotatable bonds is 13. The summed E-state index contributed by atoms with van der Waals surface area (Å²) >= 11 is 0. The molecule has 3 N–H and O–H groups in total. The Labute approximate surface area is 159 Å². The van der Waals surface area contributed by atoms with Gasteiger partial charge in [-0.1, -0.05) is 58.3 Å². The average molecular weight is 345 g/mol. The van der Waals surface area contributed by atoms with E-state index in [2.05, 4.69) is 6.92 Å². The molecule has 0 aliphatic heterocycles. The third kappa shape index (κ3) is 8.99. The van der Waals surface area contributed by atoms with E-state index in [1.54, 1.807) is 0 Å². The van der Waals surface area contributed by atoms with Crippen LogP contribution in [-0.2, 0) is 14.9 Å². The molecule has 0 saturated carbocycles. The number of hydrogen-bond acceptors (Lipinski definition) is 4. The van der Waals surface area contributed by atoms with Gasteiger partial charge in [0.2, 0.25) is 0 Å². The van der Waals surface area contributed by atoms with Crippen molar-refractivity contribution in [3.05, 3.63) is 0 Å². The van der Waals surface area contributed by atoms with Gasteiger partial charge in [0, 0.05) is 13.0 Å². The molecule has 128 valence electrons. The molecule has 1 unspecified atom stereocenters. The van der Waals surface area contributed by atoms with Crippen molar-refractivity contribution >= 4 is 15.9 Å². The van der Waals surface area contributed by atoms with E-state index in [1.165, 1.54) is 39.0 Å². The van der Waals surface area contributed by atoms with Gasteiger partial charge in [0.15, 0.2) is 10.5 Å². The summed E-state index contributed by atoms with van der Waals surface area (Å²) in [6, 6.07) is 0. The van der Waals surface area contributed by atoms with Crippen LogP contribution in [0.15, 0.2) is 0 Å². The molecule has 0 aliphatic carbocycles. The van der Waals surface area contributed by atoms with Gasteiger partial charge in [0.05, 0.1) is 0 Å². The summed E-state index contributed by atoms with van der Waals surface area (Å²) in [7, 11) is -4.45. The molecule has 7 heteroatoms. The van der Waals surface area contributed by atoms with E-state index in [1.807, 2.05) is 0 Å². The number of hydrogen-bond donors (Lipinski definition) is 2. The normalized spacial score (nSPS) is 14.2. The quantitative estimate of drug-likeness (QED) is 0.282. The Morgan fingerprint density at radius 2 is 1.45 bits per heavy atom. The molecule has 5 nitrogen and oxygen atoms in total. The molecule has 0 saturated heterocycles. The first-order valence-electron chi connectivity index (χ1n) is 8.00. The number of unbranched alkanes of at least 4 members (excludes halogenated alkanes) is 8. The third-order valence-electron chi connectivity index (χ3n) is 4.06. The molecule has 0 heterocycles. The summed E-state index contributed by atoms with van der Waals surface area (Å²) in [4.78, 5) is 11.9. The van der Waals surface area contributed by atoms with Gasteiger partial charge in [-0.15, -0.1) is 0 Å². The van der Waals surface area contributed by atoms with Crippen LogP contribution in [-0.4, -0.2) is 30.0 Å². The smallest absolute Gasteiger partial charge is 1.00 e. The third-order valence-corrected chi connectivity index (χ3v) is 5.59. The maximum absolute atomic E-state index is 11.9. The number of nitrogens with two attached hydrogens (primary N) is 1. The molecule has 0 radical (unpaired) electrons. The first kappa shape index (κ1) is 24.8. The summed E-state index contributed by atoms with van der Waals surface area (Å²) in [5.74, 6) is -0.490. The van der Waals surface area contributed by atoms with Crippen molar-refractivity contribution in [3.63, 3.8) is 0 Å². The molecule has 0 amide bonds. The molecule has 0 spiro atoms. The Morgan fingerprint density at radius 3 is 1.82 bits per heavy atom. The predicted molar refractivity (Wildman–Crippen MR) is 87.0 cm³/mol. The first-order chi connectivity index (χ1) is 9.79. The molecule has 0 bridgehead atoms. The van der Waals surface area contributed by atoms with Crippen molar-refractivity contribution in [2.45, 2.75) is 82.8 Å². The van der Waals surface area contributed by atoms with E-state index in [9.17, 15) is 13.2 Å². The summed E-state index contributed by atoms with van der Waals surface area (Å²) in [6.45, 7) is 3.00. The van der Waals surface area contributed by atoms with Crippen LogP contribution in [0.25, 0.3) is 0 Å². The van der Waals surface area contributed by atoms with Crippen molar-refractivity contribution in [1.82, 2.24) is 0 Å². The number of ketones is 1. The van der Waals surface area contributed by atoms with Gasteiger partial charge in [-0.2, -0.15) is 8.42 Å². The monoisotopic (exact) mass is 345 g/mol. The van der Waals surface area contributed by atoms with Gasteiger partial charge >= 0.3 is 29.6 Å². The molecule has 0 fully saturated rings. The summed E-state index contributed by atoms with van der Waals surface area (Å²) < 4.78 is 29.7. The Bertz CT molecular complexity index is 406. The van der Waals surface area contributed by atoms with Crippen LogP contribution in [0.5, 0.6) is 0 Å². The van der Waals surface area contributed by atoms with E-state index in [4.69, 9.17) is 10.3 Å². The zero-order valence-corrected chi connectivity index (χ0v) is 17.3. The van der Waals surface area contributed by atoms with Crippen molar-refractivity contribution in [1.29, 1.82) is 0 Å². The van der Waals surface area contributed by atoms with Crippen LogP contribution < -0.4 is 35.3 Å². The molecule has 0 aliphatic rings. The van der Waals surface area contributed by atoms with Gasteiger partial charge in [0.25, 0.3) is 10.1 Å². The van der Waals surface area contributed by atoms with Crippen LogP contribution in [0, 0.1) is 0 Å². The van der Waals surface area contributed by atoms with Crippen LogP contribution >= 0.6 is 0 Å². The number of carbonyl (C=O) groups excluding carboxylic acids is 1. The Morgan fingerprint density at radius 1 is 1.05 bits per heavy atom. The standard InChI is InChI=1S/C15H31NO4S.Na.H/c1-3-4-5-6-7-8-9-10-11-12-14(17)15(2,13-16)21(18,19)20;;/h3-13,16H2,1-2H3,(H,18,19,20);;/q;+1;-1. The maximum Gasteiger partial charge on any atom is 1.00 e. The first-order valence-corrected chi connectivity index (χ1v) is 9.44. The minimum atomic E-state index is -4.45. The van der Waals surface area contributed by atoms with Crippen LogP contribution in [0.2, 0.25) is 0 Å². The molecule has 1 atom stereocenters. The second kappa shape index (κ2) is 12.9. The van der Waals surface area contributed by atoms with Gasteiger partial charge < -0.3 is 7.16 Å². The maximum atomic E-state index is 11.9. The second-order valence-electron chi connectivity index (χ2n) is 5.91. The van der Waals surface area contributed by atoms with Crippen molar-refractivity contribution in [2.24, 2.45) is 5.73 Å². The van der Waals surface area contributed by atoms with Crippen LogP contribution in [0.3, 0.4) is 0 Å². The Kier molecular flexibility index (Phi) is 14.5. The number of Topliss-reactive ketones (excluding diaryl/α,β-unsaturated/α-hetero) is 1. The number of carbonyl (C=O) groups is 1. The fourth-order valence-electron chi connectivity index (χ4n) is 2.22. The van der Waals surface area contributed by atoms with Gasteiger partial charge in [-0.05, 0) is 13.3 Å². The molecule has 0 aromatic carbocycles. The van der Waals surface area contributed by atoms with Crippen molar-refractivity contribution < 1.29 is 48.7 Å². The Hall–Kier alpha value is 0.540. The van der Waals surface area contributed by atoms with E-state index < -0.39 is 20.6 Å². The Balaban J connectivity index is -0.00000200. The molecule has 0 aromatic rings. The second-order valence-corrected chi connectivity index (χ2v) is 7.76. The fourth-order valence-corrected chi connectivity index (χ4v) is 2.82.